The Balaban J connectivity index is 2.29. The van der Waals surface area contributed by atoms with Crippen molar-refractivity contribution in [2.45, 2.75) is 20.8 Å². The van der Waals surface area contributed by atoms with Gasteiger partial charge >= 0.3 is 0 Å². The molecule has 0 bridgehead atoms. The van der Waals surface area contributed by atoms with Crippen LogP contribution in [-0.4, -0.2) is 27.6 Å². The SMILES string of the molecule is Cc1cc(C(=O)Nc2cccc(C)c2C)ccc1N(C)S(C)(=O)=O. The highest BCUT2D eigenvalue weighted by Crippen LogP contribution is 2.23. The van der Waals surface area contributed by atoms with E-state index in [9.17, 15) is 13.2 Å². The maximum atomic E-state index is 12.5. The third-order valence-corrected chi connectivity index (χ3v) is 5.34. The molecule has 0 radical (unpaired) electrons. The van der Waals surface area contributed by atoms with Crippen LogP contribution >= 0.6 is 0 Å². The number of anilines is 2. The molecule has 0 saturated carbocycles. The van der Waals surface area contributed by atoms with Gasteiger partial charge in [-0.2, -0.15) is 0 Å². The smallest absolute Gasteiger partial charge is 0.255 e. The lowest BCUT2D eigenvalue weighted by Gasteiger charge is -2.19. The average molecular weight is 346 g/mol. The molecule has 24 heavy (non-hydrogen) atoms. The molecule has 0 aliphatic rings. The number of nitrogens with one attached hydrogen (secondary N) is 1. The van der Waals surface area contributed by atoms with E-state index in [2.05, 4.69) is 5.32 Å². The Morgan fingerprint density at radius 3 is 2.29 bits per heavy atom. The number of hydrogen-bond donors (Lipinski definition) is 1. The first-order chi connectivity index (χ1) is 11.1. The van der Waals surface area contributed by atoms with Crippen LogP contribution in [0.25, 0.3) is 0 Å². The lowest BCUT2D eigenvalue weighted by molar-refractivity contribution is 0.102. The second-order valence-electron chi connectivity index (χ2n) is 5.93. The van der Waals surface area contributed by atoms with Gasteiger partial charge in [-0.3, -0.25) is 9.10 Å². The first kappa shape index (κ1) is 18.0. The Bertz CT molecular complexity index is 889. The minimum Gasteiger partial charge on any atom is -0.322 e. The summed E-state index contributed by atoms with van der Waals surface area (Å²) in [5, 5.41) is 2.90. The summed E-state index contributed by atoms with van der Waals surface area (Å²) < 4.78 is 24.5. The van der Waals surface area contributed by atoms with Crippen molar-refractivity contribution >= 4 is 27.3 Å². The highest BCUT2D eigenvalue weighted by Gasteiger charge is 2.16. The van der Waals surface area contributed by atoms with Gasteiger partial charge in [0.1, 0.15) is 0 Å². The van der Waals surface area contributed by atoms with E-state index >= 15 is 0 Å². The Hall–Kier alpha value is -2.34. The van der Waals surface area contributed by atoms with Gasteiger partial charge in [0.05, 0.1) is 11.9 Å². The monoisotopic (exact) mass is 346 g/mol. The van der Waals surface area contributed by atoms with Crippen molar-refractivity contribution in [3.63, 3.8) is 0 Å². The van der Waals surface area contributed by atoms with Crippen LogP contribution in [0.2, 0.25) is 0 Å². The van der Waals surface area contributed by atoms with Gasteiger partial charge in [-0.25, -0.2) is 8.42 Å². The number of sulfonamides is 1. The second-order valence-corrected chi connectivity index (χ2v) is 7.95. The lowest BCUT2D eigenvalue weighted by atomic mass is 10.1. The fourth-order valence-electron chi connectivity index (χ4n) is 2.41. The van der Waals surface area contributed by atoms with Crippen molar-refractivity contribution in [1.29, 1.82) is 0 Å². The normalized spacial score (nSPS) is 11.2. The summed E-state index contributed by atoms with van der Waals surface area (Å²) in [6.07, 6.45) is 1.15. The predicted octanol–water partition coefficient (Wildman–Crippen LogP) is 3.26. The van der Waals surface area contributed by atoms with Crippen molar-refractivity contribution < 1.29 is 13.2 Å². The van der Waals surface area contributed by atoms with E-state index in [1.807, 2.05) is 32.0 Å². The van der Waals surface area contributed by atoms with Crippen LogP contribution in [0.4, 0.5) is 11.4 Å². The molecular formula is C18H22N2O3S. The number of carbonyl (C=O) groups is 1. The Kier molecular flexibility index (Phi) is 4.99. The van der Waals surface area contributed by atoms with E-state index in [0.29, 0.717) is 11.3 Å². The number of hydrogen-bond acceptors (Lipinski definition) is 3. The quantitative estimate of drug-likeness (QED) is 0.924. The molecule has 0 saturated heterocycles. The van der Waals surface area contributed by atoms with Crippen LogP contribution in [0.5, 0.6) is 0 Å². The molecule has 128 valence electrons. The molecule has 1 amide bonds. The van der Waals surface area contributed by atoms with Gasteiger partial charge in [-0.05, 0) is 61.7 Å². The van der Waals surface area contributed by atoms with Gasteiger partial charge in [0.25, 0.3) is 5.91 Å². The number of nitrogens with zero attached hydrogens (tertiary/aromatic N) is 1. The molecular weight excluding hydrogens is 324 g/mol. The lowest BCUT2D eigenvalue weighted by Crippen LogP contribution is -2.25. The molecule has 2 aromatic rings. The van der Waals surface area contributed by atoms with Crippen LogP contribution < -0.4 is 9.62 Å². The molecule has 2 aromatic carbocycles. The predicted molar refractivity (Wildman–Crippen MR) is 98.3 cm³/mol. The summed E-state index contributed by atoms with van der Waals surface area (Å²) in [5.41, 5.74) is 4.66. The molecule has 0 atom stereocenters. The Labute approximate surface area is 143 Å². The van der Waals surface area contributed by atoms with Crippen molar-refractivity contribution in [2.75, 3.05) is 22.9 Å². The van der Waals surface area contributed by atoms with Gasteiger partial charge in [0, 0.05) is 18.3 Å². The maximum Gasteiger partial charge on any atom is 0.255 e. The van der Waals surface area contributed by atoms with Gasteiger partial charge in [0.2, 0.25) is 10.0 Å². The van der Waals surface area contributed by atoms with Gasteiger partial charge in [0.15, 0.2) is 0 Å². The molecule has 0 aliphatic carbocycles. The van der Waals surface area contributed by atoms with Gasteiger partial charge in [-0.15, -0.1) is 0 Å². The summed E-state index contributed by atoms with van der Waals surface area (Å²) in [7, 11) is -1.84. The minimum absolute atomic E-state index is 0.222. The zero-order chi connectivity index (χ0) is 18.1. The van der Waals surface area contributed by atoms with Crippen LogP contribution in [0, 0.1) is 20.8 Å². The molecule has 0 fully saturated rings. The molecule has 6 heteroatoms. The molecule has 0 unspecified atom stereocenters. The first-order valence-corrected chi connectivity index (χ1v) is 9.38. The fraction of sp³-hybridized carbons (Fsp3) is 0.278. The van der Waals surface area contributed by atoms with E-state index < -0.39 is 10.0 Å². The maximum absolute atomic E-state index is 12.5. The summed E-state index contributed by atoms with van der Waals surface area (Å²) >= 11 is 0. The zero-order valence-corrected chi connectivity index (χ0v) is 15.4. The summed E-state index contributed by atoms with van der Waals surface area (Å²) in [6, 6.07) is 10.7. The van der Waals surface area contributed by atoms with Crippen molar-refractivity contribution in [3.05, 3.63) is 58.7 Å². The average Bonchev–Trinajstić information content (AvgIpc) is 2.50. The molecule has 0 spiro atoms. The molecule has 0 heterocycles. The third-order valence-electron chi connectivity index (χ3n) is 4.15. The second kappa shape index (κ2) is 6.65. The van der Waals surface area contributed by atoms with Crippen LogP contribution in [0.1, 0.15) is 27.0 Å². The third kappa shape index (κ3) is 3.76. The van der Waals surface area contributed by atoms with E-state index in [0.717, 1.165) is 28.6 Å². The van der Waals surface area contributed by atoms with Crippen molar-refractivity contribution in [3.8, 4) is 0 Å². The van der Waals surface area contributed by atoms with Crippen molar-refractivity contribution in [1.82, 2.24) is 0 Å². The zero-order valence-electron chi connectivity index (χ0n) is 14.5. The highest BCUT2D eigenvalue weighted by molar-refractivity contribution is 7.92. The van der Waals surface area contributed by atoms with Gasteiger partial charge < -0.3 is 5.32 Å². The van der Waals surface area contributed by atoms with Crippen LogP contribution in [0.15, 0.2) is 36.4 Å². The molecule has 0 aliphatic heterocycles. The van der Waals surface area contributed by atoms with Gasteiger partial charge in [-0.1, -0.05) is 12.1 Å². The number of rotatable bonds is 4. The number of amides is 1. The fourth-order valence-corrected chi connectivity index (χ4v) is 2.97. The molecule has 1 N–H and O–H groups in total. The molecule has 0 aromatic heterocycles. The van der Waals surface area contributed by atoms with E-state index in [4.69, 9.17) is 0 Å². The van der Waals surface area contributed by atoms with Crippen molar-refractivity contribution in [2.24, 2.45) is 0 Å². The standard InChI is InChI=1S/C18H22N2O3S/c1-12-7-6-8-16(14(12)3)19-18(21)15-9-10-17(13(2)11-15)20(4)24(5,22)23/h6-11H,1-5H3,(H,19,21). The van der Waals surface area contributed by atoms with E-state index in [-0.39, 0.29) is 5.91 Å². The summed E-state index contributed by atoms with van der Waals surface area (Å²) in [6.45, 7) is 5.73. The molecule has 5 nitrogen and oxygen atoms in total. The van der Waals surface area contributed by atoms with E-state index in [1.54, 1.807) is 25.1 Å². The summed E-state index contributed by atoms with van der Waals surface area (Å²) in [4.78, 5) is 12.5. The summed E-state index contributed by atoms with van der Waals surface area (Å²) in [5.74, 6) is -0.222. The number of benzene rings is 2. The minimum atomic E-state index is -3.34. The Morgan fingerprint density at radius 2 is 1.71 bits per heavy atom. The Morgan fingerprint density at radius 1 is 1.04 bits per heavy atom. The number of aryl methyl sites for hydroxylation is 2. The topological polar surface area (TPSA) is 66.5 Å². The first-order valence-electron chi connectivity index (χ1n) is 7.53. The van der Waals surface area contributed by atoms with Crippen LogP contribution in [0.3, 0.4) is 0 Å². The van der Waals surface area contributed by atoms with Crippen LogP contribution in [-0.2, 0) is 10.0 Å². The highest BCUT2D eigenvalue weighted by atomic mass is 32.2. The number of carbonyl (C=O) groups excluding carboxylic acids is 1. The van der Waals surface area contributed by atoms with E-state index in [1.165, 1.54) is 11.4 Å². The largest absolute Gasteiger partial charge is 0.322 e. The molecule has 2 rings (SSSR count).